The first-order valence-corrected chi connectivity index (χ1v) is 7.07. The lowest BCUT2D eigenvalue weighted by Crippen LogP contribution is -2.35. The zero-order chi connectivity index (χ0) is 17.7. The van der Waals surface area contributed by atoms with Crippen LogP contribution in [0.15, 0.2) is 36.7 Å². The van der Waals surface area contributed by atoms with Crippen molar-refractivity contribution < 1.29 is 22.7 Å². The number of ether oxygens (including phenoxy) is 1. The molecule has 0 saturated heterocycles. The van der Waals surface area contributed by atoms with E-state index in [1.165, 1.54) is 18.2 Å². The molecule has 1 heterocycles. The maximum atomic E-state index is 12.4. The van der Waals surface area contributed by atoms with E-state index in [-0.39, 0.29) is 36.2 Å². The van der Waals surface area contributed by atoms with Gasteiger partial charge in [-0.1, -0.05) is 18.2 Å². The number of amides is 1. The molecule has 2 aromatic rings. The van der Waals surface area contributed by atoms with E-state index in [2.05, 4.69) is 20.5 Å². The van der Waals surface area contributed by atoms with E-state index >= 15 is 0 Å². The summed E-state index contributed by atoms with van der Waals surface area (Å²) in [5.41, 5.74) is 0.876. The highest BCUT2D eigenvalue weighted by atomic mass is 35.5. The summed E-state index contributed by atoms with van der Waals surface area (Å²) in [7, 11) is 3.33. The molecule has 25 heavy (non-hydrogen) atoms. The molecule has 1 unspecified atom stereocenters. The van der Waals surface area contributed by atoms with Crippen molar-refractivity contribution in [3.63, 3.8) is 0 Å². The van der Waals surface area contributed by atoms with Crippen LogP contribution in [0.1, 0.15) is 17.2 Å². The Labute approximate surface area is 148 Å². The summed E-state index contributed by atoms with van der Waals surface area (Å²) in [5, 5.41) is 9.43. The van der Waals surface area contributed by atoms with Gasteiger partial charge >= 0.3 is 6.36 Å². The first-order chi connectivity index (χ1) is 11.3. The summed E-state index contributed by atoms with van der Waals surface area (Å²) in [6, 6.07) is 5.00. The topological polar surface area (TPSA) is 68.2 Å². The zero-order valence-electron chi connectivity index (χ0n) is 13.5. The summed E-state index contributed by atoms with van der Waals surface area (Å²) < 4.78 is 42.7. The van der Waals surface area contributed by atoms with Crippen LogP contribution in [0.5, 0.6) is 5.75 Å². The number of alkyl halides is 3. The average Bonchev–Trinajstić information content (AvgIpc) is 2.92. The third kappa shape index (κ3) is 5.95. The molecule has 2 N–H and O–H groups in total. The van der Waals surface area contributed by atoms with E-state index in [1.807, 2.05) is 0 Å². The van der Waals surface area contributed by atoms with E-state index in [1.54, 1.807) is 37.2 Å². The minimum atomic E-state index is -4.79. The number of hydrogen-bond acceptors (Lipinski definition) is 4. The first kappa shape index (κ1) is 20.8. The van der Waals surface area contributed by atoms with E-state index in [9.17, 15) is 18.0 Å². The number of hydrogen-bond donors (Lipinski definition) is 2. The van der Waals surface area contributed by atoms with Crippen LogP contribution in [0.25, 0.3) is 0 Å². The van der Waals surface area contributed by atoms with Gasteiger partial charge in [-0.15, -0.1) is 25.6 Å². The molecule has 6 nitrogen and oxygen atoms in total. The summed E-state index contributed by atoms with van der Waals surface area (Å²) >= 11 is 0. The van der Waals surface area contributed by atoms with E-state index < -0.39 is 12.4 Å². The number of carbonyl (C=O) groups excluding carboxylic acids is 1. The number of rotatable bonds is 6. The number of benzene rings is 1. The Kier molecular flexibility index (Phi) is 7.25. The molecule has 1 aromatic heterocycles. The highest BCUT2D eigenvalue weighted by Crippen LogP contribution is 2.26. The normalized spacial score (nSPS) is 12.2. The second kappa shape index (κ2) is 8.72. The lowest BCUT2D eigenvalue weighted by molar-refractivity contribution is -0.274. The molecule has 0 bridgehead atoms. The summed E-state index contributed by atoms with van der Waals surface area (Å²) in [6.07, 6.45) is -1.56. The monoisotopic (exact) mass is 378 g/mol. The molecule has 1 amide bonds. The van der Waals surface area contributed by atoms with Crippen molar-refractivity contribution in [1.29, 1.82) is 0 Å². The van der Waals surface area contributed by atoms with Crippen LogP contribution in [0, 0.1) is 0 Å². The molecule has 0 aliphatic rings. The van der Waals surface area contributed by atoms with Crippen LogP contribution >= 0.6 is 12.4 Å². The highest BCUT2D eigenvalue weighted by Gasteiger charge is 2.32. The quantitative estimate of drug-likeness (QED) is 0.809. The number of nitrogens with zero attached hydrogens (tertiary/aromatic N) is 2. The van der Waals surface area contributed by atoms with Crippen molar-refractivity contribution in [2.75, 3.05) is 7.05 Å². The van der Waals surface area contributed by atoms with Crippen molar-refractivity contribution in [3.05, 3.63) is 47.8 Å². The molecule has 1 aromatic carbocycles. The van der Waals surface area contributed by atoms with Crippen LogP contribution in [0.3, 0.4) is 0 Å². The van der Waals surface area contributed by atoms with Crippen molar-refractivity contribution in [2.45, 2.75) is 18.9 Å². The molecule has 0 aliphatic heterocycles. The van der Waals surface area contributed by atoms with Gasteiger partial charge in [-0.25, -0.2) is 0 Å². The fourth-order valence-electron chi connectivity index (χ4n) is 2.20. The van der Waals surface area contributed by atoms with Crippen LogP contribution in [0.2, 0.25) is 0 Å². The predicted molar refractivity (Wildman–Crippen MR) is 87.2 cm³/mol. The number of aromatic nitrogens is 2. The van der Waals surface area contributed by atoms with Crippen LogP contribution in [-0.4, -0.2) is 29.1 Å². The number of halogens is 4. The molecule has 10 heteroatoms. The Balaban J connectivity index is 0.00000312. The number of para-hydroxylation sites is 1. The van der Waals surface area contributed by atoms with E-state index in [0.29, 0.717) is 5.56 Å². The van der Waals surface area contributed by atoms with Gasteiger partial charge in [0.25, 0.3) is 0 Å². The third-order valence-electron chi connectivity index (χ3n) is 3.26. The zero-order valence-corrected chi connectivity index (χ0v) is 14.3. The second-order valence-electron chi connectivity index (χ2n) is 5.04. The SMILES string of the molecule is CNC(C(=O)NCc1ccccc1OC(F)(F)F)c1cnn(C)c1.Cl. The largest absolute Gasteiger partial charge is 0.573 e. The van der Waals surface area contributed by atoms with Crippen molar-refractivity contribution >= 4 is 18.3 Å². The van der Waals surface area contributed by atoms with Crippen molar-refractivity contribution in [3.8, 4) is 5.75 Å². The maximum absolute atomic E-state index is 12.4. The van der Waals surface area contributed by atoms with Crippen LogP contribution < -0.4 is 15.4 Å². The molecule has 0 saturated carbocycles. The van der Waals surface area contributed by atoms with Crippen molar-refractivity contribution in [2.24, 2.45) is 7.05 Å². The number of aryl methyl sites for hydroxylation is 1. The molecule has 0 spiro atoms. The standard InChI is InChI=1S/C15H17F3N4O2.ClH/c1-19-13(11-8-21-22(2)9-11)14(23)20-7-10-5-3-4-6-12(10)24-15(16,17)18;/h3-6,8-9,13,19H,7H2,1-2H3,(H,20,23);1H. The number of likely N-dealkylation sites (N-methyl/N-ethyl adjacent to an activating group) is 1. The average molecular weight is 379 g/mol. The first-order valence-electron chi connectivity index (χ1n) is 7.07. The van der Waals surface area contributed by atoms with Gasteiger partial charge in [0, 0.05) is 30.9 Å². The lowest BCUT2D eigenvalue weighted by atomic mass is 10.1. The van der Waals surface area contributed by atoms with Gasteiger partial charge in [0.15, 0.2) is 0 Å². The Morgan fingerprint density at radius 2 is 2.04 bits per heavy atom. The summed E-state index contributed by atoms with van der Waals surface area (Å²) in [5.74, 6) is -0.722. The smallest absolute Gasteiger partial charge is 0.405 e. The Bertz CT molecular complexity index is 706. The van der Waals surface area contributed by atoms with Gasteiger partial charge in [-0.2, -0.15) is 5.10 Å². The molecule has 138 valence electrons. The van der Waals surface area contributed by atoms with Gasteiger partial charge in [0.2, 0.25) is 5.91 Å². The van der Waals surface area contributed by atoms with Crippen LogP contribution in [0.4, 0.5) is 13.2 Å². The Morgan fingerprint density at radius 3 is 2.60 bits per heavy atom. The van der Waals surface area contributed by atoms with E-state index in [0.717, 1.165) is 0 Å². The number of carbonyl (C=O) groups is 1. The molecule has 0 radical (unpaired) electrons. The molecule has 2 rings (SSSR count). The third-order valence-corrected chi connectivity index (χ3v) is 3.26. The lowest BCUT2D eigenvalue weighted by Gasteiger charge is -2.16. The molecule has 0 fully saturated rings. The van der Waals surface area contributed by atoms with Gasteiger partial charge in [0.05, 0.1) is 6.20 Å². The molecular weight excluding hydrogens is 361 g/mol. The van der Waals surface area contributed by atoms with Gasteiger partial charge in [-0.3, -0.25) is 9.48 Å². The molecule has 1 atom stereocenters. The minimum Gasteiger partial charge on any atom is -0.405 e. The van der Waals surface area contributed by atoms with E-state index in [4.69, 9.17) is 0 Å². The van der Waals surface area contributed by atoms with Gasteiger partial charge in [0.1, 0.15) is 11.8 Å². The fraction of sp³-hybridized carbons (Fsp3) is 0.333. The summed E-state index contributed by atoms with van der Waals surface area (Å²) in [4.78, 5) is 12.3. The van der Waals surface area contributed by atoms with Crippen molar-refractivity contribution in [1.82, 2.24) is 20.4 Å². The van der Waals surface area contributed by atoms with Gasteiger partial charge < -0.3 is 15.4 Å². The highest BCUT2D eigenvalue weighted by molar-refractivity contribution is 5.85. The van der Waals surface area contributed by atoms with Crippen LogP contribution in [-0.2, 0) is 18.4 Å². The molecular formula is C15H18ClF3N4O2. The fourth-order valence-corrected chi connectivity index (χ4v) is 2.20. The second-order valence-corrected chi connectivity index (χ2v) is 5.04. The summed E-state index contributed by atoms with van der Waals surface area (Å²) in [6.45, 7) is -0.0937. The Hall–Kier alpha value is -2.26. The predicted octanol–water partition coefficient (Wildman–Crippen LogP) is 2.32. The molecule has 0 aliphatic carbocycles. The maximum Gasteiger partial charge on any atom is 0.573 e. The van der Waals surface area contributed by atoms with Gasteiger partial charge in [-0.05, 0) is 13.1 Å². The Morgan fingerprint density at radius 1 is 1.36 bits per heavy atom. The number of nitrogens with one attached hydrogen (secondary N) is 2. The minimum absolute atomic E-state index is 0.